The Kier molecular flexibility index (Phi) is 7.11. The molecule has 0 atom stereocenters. The molecule has 13 heteroatoms. The standard InChI is InChI=1S/C19H12Cl3F3N2O4S/c20-13-6-5-11(14(21)8-13)10-27(32(28,29)30)16-3-1-2-4-17(16)31-18-15(22)7-12(9-26-18)19(23,24)25/h1-9H,10H2,(H,28,29,30). The molecule has 3 aromatic rings. The second kappa shape index (κ2) is 9.32. The molecule has 0 aliphatic carbocycles. The first kappa shape index (κ1) is 24.4. The lowest BCUT2D eigenvalue weighted by atomic mass is 10.2. The van der Waals surface area contributed by atoms with Gasteiger partial charge in [0.05, 0.1) is 17.8 Å². The van der Waals surface area contributed by atoms with Crippen molar-refractivity contribution < 1.29 is 30.9 Å². The molecule has 0 saturated carbocycles. The summed E-state index contributed by atoms with van der Waals surface area (Å²) in [7, 11) is -4.83. The molecule has 32 heavy (non-hydrogen) atoms. The number of halogens is 6. The summed E-state index contributed by atoms with van der Waals surface area (Å²) < 4.78 is 78.7. The Morgan fingerprint density at radius 3 is 2.31 bits per heavy atom. The highest BCUT2D eigenvalue weighted by Gasteiger charge is 2.32. The predicted octanol–water partition coefficient (Wildman–Crippen LogP) is 6.66. The lowest BCUT2D eigenvalue weighted by molar-refractivity contribution is -0.137. The third-order valence-corrected chi connectivity index (χ3v) is 5.82. The Balaban J connectivity index is 2.01. The van der Waals surface area contributed by atoms with Crippen LogP contribution in [0.5, 0.6) is 11.6 Å². The zero-order chi connectivity index (χ0) is 23.7. The SMILES string of the molecule is O=S(=O)(O)N(Cc1ccc(Cl)cc1Cl)c1ccccc1Oc1ncc(C(F)(F)F)cc1Cl. The molecule has 0 aliphatic rings. The van der Waals surface area contributed by atoms with E-state index in [-0.39, 0.29) is 16.5 Å². The van der Waals surface area contributed by atoms with Crippen LogP contribution in [-0.2, 0) is 23.0 Å². The molecule has 1 heterocycles. The van der Waals surface area contributed by atoms with Crippen LogP contribution < -0.4 is 9.04 Å². The van der Waals surface area contributed by atoms with Crippen molar-refractivity contribution in [1.82, 2.24) is 4.98 Å². The Bertz CT molecular complexity index is 1260. The summed E-state index contributed by atoms with van der Waals surface area (Å²) in [6, 6.07) is 10.6. The first-order chi connectivity index (χ1) is 14.9. The summed E-state index contributed by atoms with van der Waals surface area (Å²) in [4.78, 5) is 3.57. The van der Waals surface area contributed by atoms with Crippen LogP contribution in [0.15, 0.2) is 54.7 Å². The van der Waals surface area contributed by atoms with Crippen LogP contribution in [0.3, 0.4) is 0 Å². The number of nitrogens with zero attached hydrogens (tertiary/aromatic N) is 2. The number of ether oxygens (including phenoxy) is 1. The van der Waals surface area contributed by atoms with E-state index in [1.54, 1.807) is 0 Å². The fourth-order valence-corrected chi connectivity index (χ4v) is 3.98. The van der Waals surface area contributed by atoms with E-state index >= 15 is 0 Å². The van der Waals surface area contributed by atoms with Crippen molar-refractivity contribution >= 4 is 50.8 Å². The van der Waals surface area contributed by atoms with Gasteiger partial charge in [0.2, 0.25) is 5.88 Å². The topological polar surface area (TPSA) is 79.7 Å². The van der Waals surface area contributed by atoms with Gasteiger partial charge in [0.1, 0.15) is 5.02 Å². The van der Waals surface area contributed by atoms with Gasteiger partial charge in [-0.3, -0.25) is 4.55 Å². The molecule has 0 aliphatic heterocycles. The van der Waals surface area contributed by atoms with Gasteiger partial charge in [0, 0.05) is 16.2 Å². The lowest BCUT2D eigenvalue weighted by Gasteiger charge is -2.24. The Hall–Kier alpha value is -2.24. The van der Waals surface area contributed by atoms with E-state index in [2.05, 4.69) is 4.98 Å². The van der Waals surface area contributed by atoms with Gasteiger partial charge in [0.25, 0.3) is 0 Å². The normalized spacial score (nSPS) is 12.0. The molecule has 0 unspecified atom stereocenters. The van der Waals surface area contributed by atoms with Crippen molar-refractivity contribution in [1.29, 1.82) is 0 Å². The van der Waals surface area contributed by atoms with Gasteiger partial charge in [0.15, 0.2) is 5.75 Å². The number of anilines is 1. The minimum atomic E-state index is -4.83. The highest BCUT2D eigenvalue weighted by Crippen LogP contribution is 2.38. The predicted molar refractivity (Wildman–Crippen MR) is 115 cm³/mol. The van der Waals surface area contributed by atoms with E-state index in [4.69, 9.17) is 39.5 Å². The van der Waals surface area contributed by atoms with E-state index < -0.39 is 39.5 Å². The second-order valence-electron chi connectivity index (χ2n) is 6.30. The fraction of sp³-hybridized carbons (Fsp3) is 0.105. The van der Waals surface area contributed by atoms with Crippen LogP contribution in [0.4, 0.5) is 18.9 Å². The molecule has 2 aromatic carbocycles. The van der Waals surface area contributed by atoms with Gasteiger partial charge in [-0.2, -0.15) is 21.6 Å². The van der Waals surface area contributed by atoms with Gasteiger partial charge in [-0.1, -0.05) is 53.0 Å². The Morgan fingerprint density at radius 2 is 1.72 bits per heavy atom. The Morgan fingerprint density at radius 1 is 1.03 bits per heavy atom. The van der Waals surface area contributed by atoms with Crippen LogP contribution >= 0.6 is 34.8 Å². The smallest absolute Gasteiger partial charge is 0.417 e. The number of alkyl halides is 3. The second-order valence-corrected chi connectivity index (χ2v) is 8.89. The molecular formula is C19H12Cl3F3N2O4S. The maximum absolute atomic E-state index is 12.8. The number of benzene rings is 2. The molecule has 1 N–H and O–H groups in total. The third-order valence-electron chi connectivity index (χ3n) is 4.08. The fourth-order valence-electron chi connectivity index (χ4n) is 2.60. The van der Waals surface area contributed by atoms with Gasteiger partial charge in [-0.05, 0) is 35.9 Å². The van der Waals surface area contributed by atoms with Crippen LogP contribution in [0, 0.1) is 0 Å². The number of rotatable bonds is 6. The van der Waals surface area contributed by atoms with Gasteiger partial charge in [-0.25, -0.2) is 9.29 Å². The third kappa shape index (κ3) is 5.76. The molecule has 0 spiro atoms. The largest absolute Gasteiger partial charge is 0.435 e. The summed E-state index contributed by atoms with van der Waals surface area (Å²) in [6.07, 6.45) is -4.13. The van der Waals surface area contributed by atoms with Gasteiger partial charge in [-0.15, -0.1) is 0 Å². The molecule has 0 fully saturated rings. The van der Waals surface area contributed by atoms with Crippen LogP contribution in [0.25, 0.3) is 0 Å². The van der Waals surface area contributed by atoms with E-state index in [0.29, 0.717) is 27.2 Å². The summed E-state index contributed by atoms with van der Waals surface area (Å²) in [6.45, 7) is -0.399. The molecule has 0 amide bonds. The van der Waals surface area contributed by atoms with Gasteiger partial charge >= 0.3 is 16.5 Å². The number of hydrogen-bond acceptors (Lipinski definition) is 4. The minimum absolute atomic E-state index is 0.140. The number of pyridine rings is 1. The maximum Gasteiger partial charge on any atom is 0.417 e. The van der Waals surface area contributed by atoms with Crippen LogP contribution in [0.1, 0.15) is 11.1 Å². The average Bonchev–Trinajstić information content (AvgIpc) is 2.68. The molecular weight excluding hydrogens is 516 g/mol. The molecule has 0 saturated heterocycles. The summed E-state index contributed by atoms with van der Waals surface area (Å²) >= 11 is 17.8. The van der Waals surface area contributed by atoms with Crippen molar-refractivity contribution in [2.45, 2.75) is 12.7 Å². The van der Waals surface area contributed by atoms with E-state index in [0.717, 1.165) is 0 Å². The zero-order valence-corrected chi connectivity index (χ0v) is 18.7. The molecule has 3 rings (SSSR count). The van der Waals surface area contributed by atoms with Gasteiger partial charge < -0.3 is 4.74 Å². The summed E-state index contributed by atoms with van der Waals surface area (Å²) in [5.41, 5.74) is -0.909. The Labute approximate surface area is 196 Å². The first-order valence-electron chi connectivity index (χ1n) is 8.55. The van der Waals surface area contributed by atoms with Crippen molar-refractivity contribution in [2.75, 3.05) is 4.31 Å². The van der Waals surface area contributed by atoms with Crippen molar-refractivity contribution in [2.24, 2.45) is 0 Å². The number of aromatic nitrogens is 1. The average molecular weight is 528 g/mol. The van der Waals surface area contributed by atoms with Crippen molar-refractivity contribution in [3.8, 4) is 11.6 Å². The van der Waals surface area contributed by atoms with E-state index in [9.17, 15) is 26.1 Å². The summed E-state index contributed by atoms with van der Waals surface area (Å²) in [5, 5.41) is 0.0229. The van der Waals surface area contributed by atoms with Crippen molar-refractivity contribution in [3.63, 3.8) is 0 Å². The summed E-state index contributed by atoms with van der Waals surface area (Å²) in [5.74, 6) is -0.545. The molecule has 1 aromatic heterocycles. The molecule has 6 nitrogen and oxygen atoms in total. The number of para-hydroxylation sites is 2. The number of hydrogen-bond donors (Lipinski definition) is 1. The molecule has 0 bridgehead atoms. The van der Waals surface area contributed by atoms with Crippen molar-refractivity contribution in [3.05, 3.63) is 80.9 Å². The van der Waals surface area contributed by atoms with E-state index in [1.807, 2.05) is 0 Å². The zero-order valence-electron chi connectivity index (χ0n) is 15.6. The van der Waals surface area contributed by atoms with Crippen LogP contribution in [-0.4, -0.2) is 18.0 Å². The van der Waals surface area contributed by atoms with Crippen LogP contribution in [0.2, 0.25) is 15.1 Å². The highest BCUT2D eigenvalue weighted by molar-refractivity contribution is 7.87. The highest BCUT2D eigenvalue weighted by atomic mass is 35.5. The lowest BCUT2D eigenvalue weighted by Crippen LogP contribution is -2.30. The minimum Gasteiger partial charge on any atom is -0.435 e. The maximum atomic E-state index is 12.8. The molecule has 170 valence electrons. The quantitative estimate of drug-likeness (QED) is 0.363. The first-order valence-corrected chi connectivity index (χ1v) is 11.1. The monoisotopic (exact) mass is 526 g/mol. The molecule has 0 radical (unpaired) electrons. The van der Waals surface area contributed by atoms with E-state index in [1.165, 1.54) is 42.5 Å².